The van der Waals surface area contributed by atoms with Crippen molar-refractivity contribution < 1.29 is 0 Å². The number of fused-ring (bicyclic) bond motifs is 1. The van der Waals surface area contributed by atoms with Crippen LogP contribution in [0.5, 0.6) is 0 Å². The number of nitriles is 1. The Balaban J connectivity index is 1.55. The molecule has 1 N–H and O–H groups in total. The largest absolute Gasteiger partial charge is 0.351 e. The van der Waals surface area contributed by atoms with Gasteiger partial charge in [-0.1, -0.05) is 17.3 Å². The molecular formula is C17H17N7. The van der Waals surface area contributed by atoms with Crippen molar-refractivity contribution in [3.63, 3.8) is 0 Å². The van der Waals surface area contributed by atoms with Crippen LogP contribution in [0.15, 0.2) is 36.5 Å². The maximum atomic E-state index is 8.98. The summed E-state index contributed by atoms with van der Waals surface area (Å²) >= 11 is 0. The lowest BCUT2D eigenvalue weighted by atomic mass is 9.87. The van der Waals surface area contributed by atoms with Crippen LogP contribution in [0.25, 0.3) is 16.9 Å². The van der Waals surface area contributed by atoms with Gasteiger partial charge < -0.3 is 5.32 Å². The quantitative estimate of drug-likeness (QED) is 0.798. The van der Waals surface area contributed by atoms with Gasteiger partial charge in [0, 0.05) is 24.2 Å². The topological polar surface area (TPSA) is 92.3 Å². The molecule has 7 nitrogen and oxygen atoms in total. The van der Waals surface area contributed by atoms with E-state index >= 15 is 0 Å². The van der Waals surface area contributed by atoms with Gasteiger partial charge in [-0.2, -0.15) is 14.9 Å². The smallest absolute Gasteiger partial charge is 0.224 e. The second-order valence-electron chi connectivity index (χ2n) is 6.05. The molecule has 1 aromatic carbocycles. The number of hydrogen-bond acceptors (Lipinski definition) is 6. The molecule has 2 aromatic heterocycles. The summed E-state index contributed by atoms with van der Waals surface area (Å²) in [5.41, 5.74) is 1.75. The van der Waals surface area contributed by atoms with Crippen LogP contribution in [0.4, 0.5) is 5.95 Å². The number of hydrogen-bond donors (Lipinski definition) is 1. The van der Waals surface area contributed by atoms with E-state index in [0.717, 1.165) is 36.7 Å². The number of benzene rings is 1. The summed E-state index contributed by atoms with van der Waals surface area (Å²) in [5.74, 6) is 1.47. The predicted octanol–water partition coefficient (Wildman–Crippen LogP) is 2.70. The Morgan fingerprint density at radius 1 is 1.12 bits per heavy atom. The number of anilines is 1. The molecule has 120 valence electrons. The summed E-state index contributed by atoms with van der Waals surface area (Å²) in [4.78, 5) is 8.89. The third-order valence-electron chi connectivity index (χ3n) is 4.45. The predicted molar refractivity (Wildman–Crippen MR) is 89.4 cm³/mol. The van der Waals surface area contributed by atoms with Crippen molar-refractivity contribution in [2.45, 2.75) is 31.7 Å². The highest BCUT2D eigenvalue weighted by molar-refractivity contribution is 5.75. The number of nitrogens with zero attached hydrogens (tertiary/aromatic N) is 6. The molecule has 0 aliphatic heterocycles. The highest BCUT2D eigenvalue weighted by atomic mass is 15.4. The minimum absolute atomic E-state index is 0.191. The molecule has 1 saturated carbocycles. The Hall–Kier alpha value is -3.01. The Labute approximate surface area is 139 Å². The van der Waals surface area contributed by atoms with E-state index in [0.29, 0.717) is 17.8 Å². The molecule has 1 fully saturated rings. The molecule has 0 amide bonds. The zero-order valence-corrected chi connectivity index (χ0v) is 13.1. The van der Waals surface area contributed by atoms with Crippen LogP contribution in [-0.2, 0) is 0 Å². The first-order valence-corrected chi connectivity index (χ1v) is 8.13. The van der Waals surface area contributed by atoms with Gasteiger partial charge in [-0.15, -0.1) is 5.10 Å². The van der Waals surface area contributed by atoms with Gasteiger partial charge in [-0.3, -0.25) is 0 Å². The van der Waals surface area contributed by atoms with E-state index in [4.69, 9.17) is 5.26 Å². The summed E-state index contributed by atoms with van der Waals surface area (Å²) in [6.45, 7) is 0. The zero-order chi connectivity index (χ0) is 16.4. The molecule has 3 aromatic rings. The van der Waals surface area contributed by atoms with Gasteiger partial charge >= 0.3 is 0 Å². The van der Waals surface area contributed by atoms with Crippen LogP contribution in [0.3, 0.4) is 0 Å². The Bertz CT molecular complexity index is 887. The van der Waals surface area contributed by atoms with E-state index in [2.05, 4.69) is 31.7 Å². The van der Waals surface area contributed by atoms with Gasteiger partial charge in [0.05, 0.1) is 11.6 Å². The Morgan fingerprint density at radius 2 is 1.96 bits per heavy atom. The number of nitrogens with one attached hydrogen (secondary N) is 1. The van der Waals surface area contributed by atoms with Crippen molar-refractivity contribution in [1.29, 1.82) is 5.26 Å². The van der Waals surface area contributed by atoms with E-state index in [-0.39, 0.29) is 5.92 Å². The van der Waals surface area contributed by atoms with Crippen LogP contribution in [-0.4, -0.2) is 31.0 Å². The fraction of sp³-hybridized carbons (Fsp3) is 0.353. The Kier molecular flexibility index (Phi) is 3.79. The summed E-state index contributed by atoms with van der Waals surface area (Å²) in [6, 6.07) is 12.3. The van der Waals surface area contributed by atoms with E-state index in [9.17, 15) is 0 Å². The second kappa shape index (κ2) is 6.24. The van der Waals surface area contributed by atoms with Gasteiger partial charge in [0.1, 0.15) is 5.52 Å². The zero-order valence-electron chi connectivity index (χ0n) is 13.1. The van der Waals surface area contributed by atoms with Crippen molar-refractivity contribution in [3.05, 3.63) is 36.5 Å². The fourth-order valence-electron chi connectivity index (χ4n) is 3.12. The van der Waals surface area contributed by atoms with E-state index in [1.165, 1.54) is 0 Å². The van der Waals surface area contributed by atoms with E-state index in [1.807, 2.05) is 30.3 Å². The lowest BCUT2D eigenvalue weighted by Gasteiger charge is -2.25. The SMILES string of the molecule is N#C[C@H]1CC[C@H](Nc2nccc(-n3nnc4ccccc43)n2)CC1. The first-order valence-electron chi connectivity index (χ1n) is 8.13. The Morgan fingerprint density at radius 3 is 2.79 bits per heavy atom. The minimum Gasteiger partial charge on any atom is -0.351 e. The van der Waals surface area contributed by atoms with Crippen LogP contribution >= 0.6 is 0 Å². The number of aromatic nitrogens is 5. The summed E-state index contributed by atoms with van der Waals surface area (Å²) in [7, 11) is 0. The van der Waals surface area contributed by atoms with Crippen molar-refractivity contribution in [1.82, 2.24) is 25.0 Å². The average Bonchev–Trinajstić information content (AvgIpc) is 3.07. The number of rotatable bonds is 3. The lowest BCUT2D eigenvalue weighted by molar-refractivity contribution is 0.396. The highest BCUT2D eigenvalue weighted by Crippen LogP contribution is 2.25. The van der Waals surface area contributed by atoms with Gasteiger partial charge in [-0.05, 0) is 37.8 Å². The monoisotopic (exact) mass is 319 g/mol. The highest BCUT2D eigenvalue weighted by Gasteiger charge is 2.21. The molecule has 1 aliphatic rings. The second-order valence-corrected chi connectivity index (χ2v) is 6.05. The molecule has 0 atom stereocenters. The number of para-hydroxylation sites is 1. The van der Waals surface area contributed by atoms with Crippen LogP contribution < -0.4 is 5.32 Å². The summed E-state index contributed by atoms with van der Waals surface area (Å²) < 4.78 is 1.72. The van der Waals surface area contributed by atoms with Crippen molar-refractivity contribution in [3.8, 4) is 11.9 Å². The van der Waals surface area contributed by atoms with Crippen molar-refractivity contribution in [2.75, 3.05) is 5.32 Å². The van der Waals surface area contributed by atoms with Crippen LogP contribution in [0.1, 0.15) is 25.7 Å². The molecule has 0 saturated heterocycles. The van der Waals surface area contributed by atoms with E-state index < -0.39 is 0 Å². The molecule has 1 aliphatic carbocycles. The fourth-order valence-corrected chi connectivity index (χ4v) is 3.12. The molecule has 4 rings (SSSR count). The third kappa shape index (κ3) is 2.78. The molecule has 0 bridgehead atoms. The first-order chi connectivity index (χ1) is 11.8. The normalized spacial score (nSPS) is 20.6. The molecule has 2 heterocycles. The van der Waals surface area contributed by atoms with Crippen molar-refractivity contribution in [2.24, 2.45) is 5.92 Å². The summed E-state index contributed by atoms with van der Waals surface area (Å²) in [6.07, 6.45) is 5.53. The maximum absolute atomic E-state index is 8.98. The molecule has 24 heavy (non-hydrogen) atoms. The van der Waals surface area contributed by atoms with Gasteiger partial charge in [0.2, 0.25) is 5.95 Å². The van der Waals surface area contributed by atoms with Crippen LogP contribution in [0, 0.1) is 17.2 Å². The summed E-state index contributed by atoms with van der Waals surface area (Å²) in [5, 5.41) is 20.7. The lowest BCUT2D eigenvalue weighted by Crippen LogP contribution is -2.26. The maximum Gasteiger partial charge on any atom is 0.224 e. The third-order valence-corrected chi connectivity index (χ3v) is 4.45. The van der Waals surface area contributed by atoms with E-state index in [1.54, 1.807) is 10.9 Å². The van der Waals surface area contributed by atoms with Gasteiger partial charge in [0.25, 0.3) is 0 Å². The van der Waals surface area contributed by atoms with Gasteiger partial charge in [0.15, 0.2) is 5.82 Å². The van der Waals surface area contributed by atoms with Gasteiger partial charge in [-0.25, -0.2) is 4.98 Å². The average molecular weight is 319 g/mol. The molecule has 0 radical (unpaired) electrons. The molecule has 7 heteroatoms. The van der Waals surface area contributed by atoms with Crippen molar-refractivity contribution >= 4 is 17.0 Å². The standard InChI is InChI=1S/C17H17N7/c18-11-12-5-7-13(8-6-12)20-17-19-10-9-16(21-17)24-15-4-2-1-3-14(15)22-23-24/h1-4,9-10,12-13H,5-8H2,(H,19,20,21)/t12-,13-. The molecular weight excluding hydrogens is 302 g/mol. The first kappa shape index (κ1) is 14.6. The molecule has 0 unspecified atom stereocenters. The molecule has 0 spiro atoms. The minimum atomic E-state index is 0.191. The van der Waals surface area contributed by atoms with Crippen LogP contribution in [0.2, 0.25) is 0 Å².